The van der Waals surface area contributed by atoms with Gasteiger partial charge in [0, 0.05) is 6.54 Å². The summed E-state index contributed by atoms with van der Waals surface area (Å²) in [6, 6.07) is 2.81. The first-order valence-electron chi connectivity index (χ1n) is 5.67. The second-order valence-electron chi connectivity index (χ2n) is 3.93. The molecule has 1 unspecified atom stereocenters. The first-order chi connectivity index (χ1) is 8.70. The maximum absolute atomic E-state index is 11.5. The Balaban J connectivity index is 2.01. The number of methoxy groups -OCH3 is 1. The van der Waals surface area contributed by atoms with Crippen LogP contribution in [0.15, 0.2) is 12.1 Å². The van der Waals surface area contributed by atoms with E-state index in [0.29, 0.717) is 12.4 Å². The van der Waals surface area contributed by atoms with Crippen molar-refractivity contribution >= 4 is 17.7 Å². The topological polar surface area (TPSA) is 93.2 Å². The monoisotopic (exact) mass is 250 g/mol. The fourth-order valence-corrected chi connectivity index (χ4v) is 1.71. The van der Waals surface area contributed by atoms with E-state index in [-0.39, 0.29) is 17.6 Å². The highest BCUT2D eigenvalue weighted by Crippen LogP contribution is 2.10. The van der Waals surface area contributed by atoms with Crippen LogP contribution in [-0.4, -0.2) is 41.8 Å². The number of rotatable bonds is 3. The van der Waals surface area contributed by atoms with Crippen molar-refractivity contribution in [1.29, 1.82) is 0 Å². The van der Waals surface area contributed by atoms with E-state index >= 15 is 0 Å². The maximum Gasteiger partial charge on any atom is 0.358 e. The molecular formula is C11H14N4O3. The van der Waals surface area contributed by atoms with Gasteiger partial charge in [-0.05, 0) is 25.0 Å². The molecule has 1 aromatic rings. The van der Waals surface area contributed by atoms with E-state index in [1.807, 2.05) is 0 Å². The lowest BCUT2D eigenvalue weighted by atomic mass is 10.1. The van der Waals surface area contributed by atoms with Crippen molar-refractivity contribution in [2.24, 2.45) is 0 Å². The third-order valence-corrected chi connectivity index (χ3v) is 2.67. The van der Waals surface area contributed by atoms with Crippen LogP contribution in [0.1, 0.15) is 23.3 Å². The molecule has 0 radical (unpaired) electrons. The Morgan fingerprint density at radius 2 is 2.33 bits per heavy atom. The Hall–Kier alpha value is -2.18. The van der Waals surface area contributed by atoms with Crippen LogP contribution in [0, 0.1) is 0 Å². The highest BCUT2D eigenvalue weighted by Gasteiger charge is 2.22. The highest BCUT2D eigenvalue weighted by molar-refractivity contribution is 5.87. The number of nitrogens with zero attached hydrogens (tertiary/aromatic N) is 2. The maximum atomic E-state index is 11.5. The lowest BCUT2D eigenvalue weighted by molar-refractivity contribution is -0.123. The van der Waals surface area contributed by atoms with Crippen LogP contribution in [0.3, 0.4) is 0 Å². The third-order valence-electron chi connectivity index (χ3n) is 2.67. The molecule has 1 aliphatic heterocycles. The molecule has 1 fully saturated rings. The minimum Gasteiger partial charge on any atom is -0.464 e. The predicted molar refractivity (Wildman–Crippen MR) is 63.0 cm³/mol. The summed E-state index contributed by atoms with van der Waals surface area (Å²) in [6.07, 6.45) is 1.68. The smallest absolute Gasteiger partial charge is 0.358 e. The van der Waals surface area contributed by atoms with Crippen molar-refractivity contribution in [3.63, 3.8) is 0 Å². The van der Waals surface area contributed by atoms with E-state index in [4.69, 9.17) is 0 Å². The molecule has 0 aromatic carbocycles. The zero-order chi connectivity index (χ0) is 13.0. The number of anilines is 1. The van der Waals surface area contributed by atoms with Gasteiger partial charge in [0.1, 0.15) is 11.9 Å². The first kappa shape index (κ1) is 12.3. The predicted octanol–water partition coefficient (Wildman–Crippen LogP) is -0.0463. The number of carbonyl (C=O) groups is 2. The molecule has 1 amide bonds. The summed E-state index contributed by atoms with van der Waals surface area (Å²) in [5.41, 5.74) is 0.135. The zero-order valence-corrected chi connectivity index (χ0v) is 9.97. The molecular weight excluding hydrogens is 236 g/mol. The number of carbonyl (C=O) groups excluding carboxylic acids is 2. The third kappa shape index (κ3) is 2.73. The molecule has 1 atom stereocenters. The minimum absolute atomic E-state index is 0.0416. The lowest BCUT2D eigenvalue weighted by Gasteiger charge is -2.22. The summed E-state index contributed by atoms with van der Waals surface area (Å²) >= 11 is 0. The van der Waals surface area contributed by atoms with Crippen LogP contribution >= 0.6 is 0 Å². The van der Waals surface area contributed by atoms with E-state index < -0.39 is 5.97 Å². The summed E-state index contributed by atoms with van der Waals surface area (Å²) < 4.78 is 4.52. The number of hydrogen-bond donors (Lipinski definition) is 2. The van der Waals surface area contributed by atoms with Gasteiger partial charge in [0.15, 0.2) is 5.69 Å². The van der Waals surface area contributed by atoms with Crippen molar-refractivity contribution < 1.29 is 14.3 Å². The summed E-state index contributed by atoms with van der Waals surface area (Å²) in [6.45, 7) is 0.712. The van der Waals surface area contributed by atoms with Crippen LogP contribution in [0.2, 0.25) is 0 Å². The van der Waals surface area contributed by atoms with Crippen molar-refractivity contribution in [2.45, 2.75) is 18.9 Å². The Morgan fingerprint density at radius 3 is 2.94 bits per heavy atom. The van der Waals surface area contributed by atoms with Gasteiger partial charge < -0.3 is 15.4 Å². The van der Waals surface area contributed by atoms with Crippen molar-refractivity contribution in [1.82, 2.24) is 15.5 Å². The van der Waals surface area contributed by atoms with E-state index in [1.165, 1.54) is 13.2 Å². The highest BCUT2D eigenvalue weighted by atomic mass is 16.5. The van der Waals surface area contributed by atoms with Gasteiger partial charge >= 0.3 is 5.97 Å². The van der Waals surface area contributed by atoms with Gasteiger partial charge in [-0.3, -0.25) is 4.79 Å². The molecule has 2 N–H and O–H groups in total. The second-order valence-corrected chi connectivity index (χ2v) is 3.93. The SMILES string of the molecule is COC(=O)c1ccc(NC2CCCNC2=O)nn1. The first-order valence-corrected chi connectivity index (χ1v) is 5.67. The van der Waals surface area contributed by atoms with Gasteiger partial charge in [0.2, 0.25) is 5.91 Å². The van der Waals surface area contributed by atoms with Gasteiger partial charge in [-0.2, -0.15) is 0 Å². The second kappa shape index (κ2) is 5.44. The normalized spacial score (nSPS) is 18.9. The molecule has 1 aliphatic rings. The summed E-state index contributed by atoms with van der Waals surface area (Å²) in [5.74, 6) is -0.116. The molecule has 0 spiro atoms. The van der Waals surface area contributed by atoms with Crippen LogP contribution in [0.5, 0.6) is 0 Å². The molecule has 96 valence electrons. The van der Waals surface area contributed by atoms with Gasteiger partial charge in [0.25, 0.3) is 0 Å². The fourth-order valence-electron chi connectivity index (χ4n) is 1.71. The Kier molecular flexibility index (Phi) is 3.71. The number of nitrogens with one attached hydrogen (secondary N) is 2. The average molecular weight is 250 g/mol. The summed E-state index contributed by atoms with van der Waals surface area (Å²) in [5, 5.41) is 13.3. The molecule has 0 aliphatic carbocycles. The molecule has 0 bridgehead atoms. The number of amides is 1. The standard InChI is InChI=1S/C11H14N4O3/c1-18-11(17)8-4-5-9(15-14-8)13-7-3-2-6-12-10(7)16/h4-5,7H,2-3,6H2,1H3,(H,12,16)(H,13,15). The Labute approximate surface area is 104 Å². The Morgan fingerprint density at radius 1 is 1.50 bits per heavy atom. The zero-order valence-electron chi connectivity index (χ0n) is 9.97. The van der Waals surface area contributed by atoms with Crippen LogP contribution in [-0.2, 0) is 9.53 Å². The summed E-state index contributed by atoms with van der Waals surface area (Å²) in [4.78, 5) is 22.7. The van der Waals surface area contributed by atoms with Crippen LogP contribution in [0.4, 0.5) is 5.82 Å². The molecule has 0 saturated carbocycles. The number of ether oxygens (including phenoxy) is 1. The lowest BCUT2D eigenvalue weighted by Crippen LogP contribution is -2.44. The summed E-state index contributed by atoms with van der Waals surface area (Å²) in [7, 11) is 1.28. The Bertz CT molecular complexity index is 446. The van der Waals surface area contributed by atoms with Crippen molar-refractivity contribution in [3.05, 3.63) is 17.8 Å². The number of esters is 1. The van der Waals surface area contributed by atoms with Crippen molar-refractivity contribution in [3.8, 4) is 0 Å². The van der Waals surface area contributed by atoms with E-state index in [0.717, 1.165) is 12.8 Å². The van der Waals surface area contributed by atoms with Gasteiger partial charge in [-0.25, -0.2) is 4.79 Å². The number of piperidine rings is 1. The largest absolute Gasteiger partial charge is 0.464 e. The molecule has 1 aromatic heterocycles. The molecule has 2 rings (SSSR count). The average Bonchev–Trinajstić information content (AvgIpc) is 2.41. The number of hydrogen-bond acceptors (Lipinski definition) is 6. The van der Waals surface area contributed by atoms with Crippen LogP contribution in [0.25, 0.3) is 0 Å². The van der Waals surface area contributed by atoms with Gasteiger partial charge in [-0.1, -0.05) is 0 Å². The molecule has 2 heterocycles. The molecule has 1 saturated heterocycles. The fraction of sp³-hybridized carbons (Fsp3) is 0.455. The van der Waals surface area contributed by atoms with Crippen LogP contribution < -0.4 is 10.6 Å². The molecule has 7 heteroatoms. The van der Waals surface area contributed by atoms with E-state index in [2.05, 4.69) is 25.6 Å². The minimum atomic E-state index is -0.538. The molecule has 7 nitrogen and oxygen atoms in total. The quantitative estimate of drug-likeness (QED) is 0.731. The van der Waals surface area contributed by atoms with Crippen molar-refractivity contribution in [2.75, 3.05) is 19.0 Å². The van der Waals surface area contributed by atoms with Gasteiger partial charge in [0.05, 0.1) is 7.11 Å². The number of aromatic nitrogens is 2. The van der Waals surface area contributed by atoms with E-state index in [9.17, 15) is 9.59 Å². The molecule has 18 heavy (non-hydrogen) atoms. The van der Waals surface area contributed by atoms with E-state index in [1.54, 1.807) is 6.07 Å². The van der Waals surface area contributed by atoms with Gasteiger partial charge in [-0.15, -0.1) is 10.2 Å².